The molecule has 0 radical (unpaired) electrons. The Kier molecular flexibility index (Phi) is 15.8. The van der Waals surface area contributed by atoms with E-state index in [-0.39, 0.29) is 0 Å². The molecule has 27 nitrogen and oxygen atoms in total. The maximum Gasteiger partial charge on any atom is 0.335 e. The summed E-state index contributed by atoms with van der Waals surface area (Å²) in [6.45, 7) is 2.73. The molecule has 27 heteroatoms. The van der Waals surface area contributed by atoms with Gasteiger partial charge in [0, 0.05) is 6.92 Å². The topological polar surface area (TPSA) is 408 Å². The number of aliphatic hydroxyl groups excluding tert-OH is 11. The number of carbonyl (C=O) groups is 3. The fourth-order valence-corrected chi connectivity index (χ4v) is 8.00. The summed E-state index contributed by atoms with van der Waals surface area (Å²) < 4.78 is 64.4. The highest BCUT2D eigenvalue weighted by molar-refractivity contribution is 5.74. The Morgan fingerprint density at radius 2 is 1.13 bits per heavy atom. The van der Waals surface area contributed by atoms with Crippen LogP contribution in [-0.4, -0.2) is 252 Å². The summed E-state index contributed by atoms with van der Waals surface area (Å²) in [4.78, 5) is 37.7. The molecular formula is C35H55NO26. The molecule has 13 N–H and O–H groups in total. The number of hydrogen-bond donors (Lipinski definition) is 13. The average molecular weight is 906 g/mol. The Hall–Kier alpha value is -2.43. The van der Waals surface area contributed by atoms with Crippen LogP contribution >= 0.6 is 0 Å². The first-order valence-corrected chi connectivity index (χ1v) is 19.8. The molecule has 7 fully saturated rings. The number of nitrogens with one attached hydrogen (secondary N) is 1. The molecule has 0 unspecified atom stereocenters. The zero-order valence-electron chi connectivity index (χ0n) is 33.5. The minimum atomic E-state index is -2.20. The Bertz CT molecular complexity index is 1550. The quantitative estimate of drug-likeness (QED) is 0.101. The summed E-state index contributed by atoms with van der Waals surface area (Å²) in [5.74, 6) is -3.90. The number of aliphatic carboxylic acids is 1. The fraction of sp³-hybridized carbons (Fsp3) is 0.914. The van der Waals surface area contributed by atoms with Gasteiger partial charge in [-0.1, -0.05) is 0 Å². The van der Waals surface area contributed by atoms with E-state index in [0.717, 1.165) is 13.8 Å². The third-order valence-corrected chi connectivity index (χ3v) is 11.4. The van der Waals surface area contributed by atoms with E-state index in [1.165, 1.54) is 13.8 Å². The van der Waals surface area contributed by atoms with Gasteiger partial charge in [-0.3, -0.25) is 4.79 Å². The number of esters is 1. The number of fused-ring (bicyclic) bond motifs is 2. The van der Waals surface area contributed by atoms with Gasteiger partial charge in [-0.05, 0) is 20.8 Å². The van der Waals surface area contributed by atoms with E-state index < -0.39 is 191 Å². The minimum absolute atomic E-state index is 0.830. The van der Waals surface area contributed by atoms with Crippen LogP contribution in [0.4, 0.5) is 0 Å². The monoisotopic (exact) mass is 905 g/mol. The van der Waals surface area contributed by atoms with Crippen molar-refractivity contribution in [2.24, 2.45) is 0 Å². The predicted octanol–water partition coefficient (Wildman–Crippen LogP) is -8.66. The van der Waals surface area contributed by atoms with Gasteiger partial charge in [-0.2, -0.15) is 0 Å². The molecule has 26 atom stereocenters. The van der Waals surface area contributed by atoms with Crippen molar-refractivity contribution in [3.63, 3.8) is 0 Å². The molecule has 0 aromatic rings. The SMILES string of the molecule is CC(=O)N[C@H]1[C@@H]2O[C@H]3[C@H](O[C@H]4[C@H](O[C@@H]5[C@H](O)[C@@H](O)[C@H](O[C@H]1[C@@H](O)[C@@H](CO)O2)O[C@@H]5C(=O)O)O[C@@H](C)[C@H](O)[C@H]4O)O[C@@H](C)[C@H](O)[C@H]3O[C@H]1O[C@H](CO)[C@@H](O)[C@H](OC(=O)[C@H](C)O)[C@H]1O. The first-order valence-electron chi connectivity index (χ1n) is 19.8. The lowest BCUT2D eigenvalue weighted by molar-refractivity contribution is -0.404. The van der Waals surface area contributed by atoms with Crippen LogP contribution in [0.5, 0.6) is 0 Å². The standard InChI is InChI=1S/C35H55NO26/c1-7(39)30(51)56-23-17(44)12(6-38)55-33(21(23)48)58-24-15(42)9(3)53-35-28(24)62-31-13(36-10(4)40)22(16(43)11(5-37)54-31)57-32-20(47)19(46)25(27(61-32)29(49)50)59-34-26(60-35)18(45)14(41)8(2)52-34/h7-9,11-28,31-35,37-39,41-48H,5-6H2,1-4H3,(H,36,40)(H,49,50)/t7-,8-,9-,11+,12+,13+,14-,15-,16-,17+,18+,19+,20+,21+,22+,23-,24+,25+,26+,27-,28+,31-,32+,33+,34-,35-/m0/s1. The average Bonchev–Trinajstić information content (AvgIpc) is 3.21. The lowest BCUT2D eigenvalue weighted by Gasteiger charge is -2.51. The molecule has 1 amide bonds. The highest BCUT2D eigenvalue weighted by Crippen LogP contribution is 2.39. The van der Waals surface area contributed by atoms with Crippen LogP contribution in [0.25, 0.3) is 0 Å². The molecule has 7 saturated heterocycles. The third kappa shape index (κ3) is 9.73. The fourth-order valence-electron chi connectivity index (χ4n) is 8.00. The van der Waals surface area contributed by atoms with E-state index in [1.807, 2.05) is 0 Å². The highest BCUT2D eigenvalue weighted by atomic mass is 16.8. The molecule has 7 heterocycles. The van der Waals surface area contributed by atoms with Crippen molar-refractivity contribution in [2.45, 2.75) is 187 Å². The lowest BCUT2D eigenvalue weighted by Crippen LogP contribution is -2.70. The summed E-state index contributed by atoms with van der Waals surface area (Å²) >= 11 is 0. The zero-order valence-corrected chi connectivity index (χ0v) is 33.5. The van der Waals surface area contributed by atoms with Crippen LogP contribution in [-0.2, 0) is 66.5 Å². The Morgan fingerprint density at radius 3 is 1.73 bits per heavy atom. The summed E-state index contributed by atoms with van der Waals surface area (Å²) in [5, 5.41) is 133. The maximum absolute atomic E-state index is 12.7. The zero-order chi connectivity index (χ0) is 45.6. The molecule has 7 rings (SSSR count). The van der Waals surface area contributed by atoms with Crippen LogP contribution in [0, 0.1) is 0 Å². The molecule has 356 valence electrons. The van der Waals surface area contributed by atoms with Crippen LogP contribution in [0.1, 0.15) is 27.7 Å². The number of carbonyl (C=O) groups excluding carboxylic acids is 2. The van der Waals surface area contributed by atoms with Crippen molar-refractivity contribution in [2.75, 3.05) is 13.2 Å². The largest absolute Gasteiger partial charge is 0.479 e. The second-order valence-electron chi connectivity index (χ2n) is 15.9. The van der Waals surface area contributed by atoms with Gasteiger partial charge in [0.05, 0.1) is 25.4 Å². The molecule has 0 aliphatic carbocycles. The second-order valence-corrected chi connectivity index (χ2v) is 15.9. The summed E-state index contributed by atoms with van der Waals surface area (Å²) in [6.07, 6.45) is -47.6. The van der Waals surface area contributed by atoms with E-state index >= 15 is 0 Å². The van der Waals surface area contributed by atoms with E-state index in [0.29, 0.717) is 0 Å². The van der Waals surface area contributed by atoms with Gasteiger partial charge in [0.25, 0.3) is 0 Å². The van der Waals surface area contributed by atoms with Gasteiger partial charge in [0.1, 0.15) is 104 Å². The first-order chi connectivity index (χ1) is 29.2. The number of hydrogen-bond acceptors (Lipinski definition) is 25. The predicted molar refractivity (Wildman–Crippen MR) is 188 cm³/mol. The van der Waals surface area contributed by atoms with Crippen molar-refractivity contribution in [1.29, 1.82) is 0 Å². The van der Waals surface area contributed by atoms with Gasteiger partial charge in [0.2, 0.25) is 5.91 Å². The molecule has 4 bridgehead atoms. The van der Waals surface area contributed by atoms with Crippen LogP contribution in [0.3, 0.4) is 0 Å². The molecule has 0 spiro atoms. The maximum atomic E-state index is 12.7. The Labute approximate surface area is 351 Å². The number of carboxylic acids is 1. The van der Waals surface area contributed by atoms with Crippen LogP contribution in [0.15, 0.2) is 0 Å². The number of ether oxygens (including phenoxy) is 11. The van der Waals surface area contributed by atoms with Crippen molar-refractivity contribution in [3.05, 3.63) is 0 Å². The Morgan fingerprint density at radius 1 is 0.581 bits per heavy atom. The summed E-state index contributed by atoms with van der Waals surface area (Å²) in [5.41, 5.74) is 0. The van der Waals surface area contributed by atoms with Crippen LogP contribution < -0.4 is 5.32 Å². The van der Waals surface area contributed by atoms with Crippen molar-refractivity contribution in [3.8, 4) is 0 Å². The van der Waals surface area contributed by atoms with E-state index in [1.54, 1.807) is 0 Å². The summed E-state index contributed by atoms with van der Waals surface area (Å²) in [6, 6.07) is -1.74. The van der Waals surface area contributed by atoms with E-state index in [9.17, 15) is 75.7 Å². The second kappa shape index (κ2) is 20.0. The Balaban J connectivity index is 1.48. The van der Waals surface area contributed by atoms with Crippen molar-refractivity contribution in [1.82, 2.24) is 5.32 Å². The first kappa shape index (κ1) is 49.0. The van der Waals surface area contributed by atoms with Gasteiger partial charge >= 0.3 is 11.9 Å². The molecule has 7 aliphatic heterocycles. The normalized spacial score (nSPS) is 50.5. The van der Waals surface area contributed by atoms with Gasteiger partial charge in [-0.15, -0.1) is 0 Å². The third-order valence-electron chi connectivity index (χ3n) is 11.4. The smallest absolute Gasteiger partial charge is 0.335 e. The van der Waals surface area contributed by atoms with Crippen LogP contribution in [0.2, 0.25) is 0 Å². The molecule has 0 saturated carbocycles. The number of carboxylic acid groups (broad SMARTS) is 1. The van der Waals surface area contributed by atoms with Crippen molar-refractivity contribution < 1.29 is 128 Å². The van der Waals surface area contributed by atoms with Crippen molar-refractivity contribution >= 4 is 17.8 Å². The van der Waals surface area contributed by atoms with Gasteiger partial charge < -0.3 is 119 Å². The lowest BCUT2D eigenvalue weighted by atomic mass is 9.94. The number of rotatable bonds is 8. The molecular weight excluding hydrogens is 850 g/mol. The van der Waals surface area contributed by atoms with Gasteiger partial charge in [0.15, 0.2) is 43.7 Å². The highest BCUT2D eigenvalue weighted by Gasteiger charge is 2.60. The van der Waals surface area contributed by atoms with E-state index in [2.05, 4.69) is 5.32 Å². The summed E-state index contributed by atoms with van der Waals surface area (Å²) in [7, 11) is 0. The molecule has 0 aromatic heterocycles. The van der Waals surface area contributed by atoms with Gasteiger partial charge in [-0.25, -0.2) is 9.59 Å². The minimum Gasteiger partial charge on any atom is -0.479 e. The number of amides is 1. The molecule has 7 aliphatic rings. The van der Waals surface area contributed by atoms with E-state index in [4.69, 9.17) is 52.1 Å². The molecule has 62 heavy (non-hydrogen) atoms. The number of aliphatic hydroxyl groups is 11. The molecule has 0 aromatic carbocycles.